The van der Waals surface area contributed by atoms with Gasteiger partial charge in [0.15, 0.2) is 17.2 Å². The van der Waals surface area contributed by atoms with Crippen LogP contribution in [-0.4, -0.2) is 72.8 Å². The summed E-state index contributed by atoms with van der Waals surface area (Å²) in [7, 11) is 0. The van der Waals surface area contributed by atoms with Gasteiger partial charge in [-0.2, -0.15) is 0 Å². The molecule has 1 saturated heterocycles. The number of carbonyl (C=O) groups is 2. The van der Waals surface area contributed by atoms with Crippen molar-refractivity contribution in [3.05, 3.63) is 47.4 Å². The van der Waals surface area contributed by atoms with Crippen molar-refractivity contribution in [2.24, 2.45) is 0 Å². The van der Waals surface area contributed by atoms with Crippen LogP contribution in [0.2, 0.25) is 0 Å². The molecule has 3 heterocycles. The van der Waals surface area contributed by atoms with Crippen LogP contribution in [0.5, 0.6) is 11.5 Å². The number of piperazine rings is 1. The predicted molar refractivity (Wildman–Crippen MR) is 108 cm³/mol. The molecule has 0 saturated carbocycles. The molecule has 1 aromatic heterocycles. The molecule has 1 fully saturated rings. The van der Waals surface area contributed by atoms with Crippen molar-refractivity contribution in [2.45, 2.75) is 6.92 Å². The topological polar surface area (TPSA) is 97.1 Å². The second kappa shape index (κ2) is 9.00. The number of hydrogen-bond donors (Lipinski definition) is 1. The molecule has 2 amide bonds. The number of carbonyl (C=O) groups excluding carboxylic acids is 2. The molecule has 4 rings (SSSR count). The third kappa shape index (κ3) is 4.80. The summed E-state index contributed by atoms with van der Waals surface area (Å²) in [5.41, 5.74) is 1.22. The summed E-state index contributed by atoms with van der Waals surface area (Å²) in [4.78, 5) is 28.4. The van der Waals surface area contributed by atoms with Crippen LogP contribution in [0, 0.1) is 6.92 Å². The van der Waals surface area contributed by atoms with E-state index in [2.05, 4.69) is 15.4 Å². The molecule has 0 bridgehead atoms. The maximum atomic E-state index is 12.4. The molecule has 9 nitrogen and oxygen atoms in total. The monoisotopic (exact) mass is 412 g/mol. The largest absolute Gasteiger partial charge is 0.454 e. The van der Waals surface area contributed by atoms with Gasteiger partial charge in [0.05, 0.1) is 0 Å². The van der Waals surface area contributed by atoms with E-state index in [0.717, 1.165) is 30.9 Å². The number of aryl methyl sites for hydroxylation is 1. The summed E-state index contributed by atoms with van der Waals surface area (Å²) in [5, 5.41) is 6.68. The third-order valence-corrected chi connectivity index (χ3v) is 5.06. The molecular weight excluding hydrogens is 388 g/mol. The number of fused-ring (bicyclic) bond motifs is 1. The molecule has 2 aliphatic heterocycles. The average Bonchev–Trinajstić information content (AvgIpc) is 3.40. The third-order valence-electron chi connectivity index (χ3n) is 5.06. The molecule has 9 heteroatoms. The predicted octanol–water partition coefficient (Wildman–Crippen LogP) is 1.30. The number of benzene rings is 1. The summed E-state index contributed by atoms with van der Waals surface area (Å²) in [6.45, 7) is 6.03. The van der Waals surface area contributed by atoms with E-state index in [4.69, 9.17) is 14.0 Å². The Kier molecular flexibility index (Phi) is 5.99. The number of hydrogen-bond acceptors (Lipinski definition) is 7. The van der Waals surface area contributed by atoms with Gasteiger partial charge < -0.3 is 24.2 Å². The summed E-state index contributed by atoms with van der Waals surface area (Å²) in [6, 6.07) is 7.20. The SMILES string of the molecule is Cc1cc(C(=O)N2CCN(CCNC(=O)/C=C/c3ccc4c(c3)OCO4)CC2)no1. The van der Waals surface area contributed by atoms with Crippen LogP contribution in [0.25, 0.3) is 6.08 Å². The minimum atomic E-state index is -0.150. The average molecular weight is 412 g/mol. The van der Waals surface area contributed by atoms with E-state index < -0.39 is 0 Å². The van der Waals surface area contributed by atoms with Crippen LogP contribution in [0.4, 0.5) is 0 Å². The van der Waals surface area contributed by atoms with Gasteiger partial charge in [0.25, 0.3) is 5.91 Å². The first-order valence-electron chi connectivity index (χ1n) is 9.89. The second-order valence-corrected chi connectivity index (χ2v) is 7.19. The molecule has 0 aliphatic carbocycles. The highest BCUT2D eigenvalue weighted by molar-refractivity contribution is 5.92. The van der Waals surface area contributed by atoms with E-state index in [1.54, 1.807) is 24.0 Å². The van der Waals surface area contributed by atoms with Crippen LogP contribution in [0.3, 0.4) is 0 Å². The van der Waals surface area contributed by atoms with E-state index in [1.165, 1.54) is 6.08 Å². The van der Waals surface area contributed by atoms with Gasteiger partial charge in [0.1, 0.15) is 5.76 Å². The fourth-order valence-corrected chi connectivity index (χ4v) is 3.39. The highest BCUT2D eigenvalue weighted by Crippen LogP contribution is 2.32. The molecule has 0 unspecified atom stereocenters. The van der Waals surface area contributed by atoms with Crippen LogP contribution in [-0.2, 0) is 4.79 Å². The Labute approximate surface area is 174 Å². The molecule has 0 atom stereocenters. The quantitative estimate of drug-likeness (QED) is 0.714. The van der Waals surface area contributed by atoms with Crippen LogP contribution in [0.15, 0.2) is 34.9 Å². The number of ether oxygens (including phenoxy) is 2. The molecule has 0 spiro atoms. The Morgan fingerprint density at radius 3 is 2.70 bits per heavy atom. The highest BCUT2D eigenvalue weighted by Gasteiger charge is 2.24. The molecule has 2 aromatic rings. The summed E-state index contributed by atoms with van der Waals surface area (Å²) >= 11 is 0. The van der Waals surface area contributed by atoms with E-state index in [1.807, 2.05) is 18.2 Å². The second-order valence-electron chi connectivity index (χ2n) is 7.19. The molecule has 0 radical (unpaired) electrons. The zero-order valence-electron chi connectivity index (χ0n) is 16.8. The van der Waals surface area contributed by atoms with Crippen molar-refractivity contribution in [3.8, 4) is 11.5 Å². The van der Waals surface area contributed by atoms with Crippen molar-refractivity contribution < 1.29 is 23.6 Å². The van der Waals surface area contributed by atoms with Gasteiger partial charge in [-0.3, -0.25) is 14.5 Å². The van der Waals surface area contributed by atoms with Crippen molar-refractivity contribution in [3.63, 3.8) is 0 Å². The summed E-state index contributed by atoms with van der Waals surface area (Å²) < 4.78 is 15.6. The number of nitrogens with zero attached hydrogens (tertiary/aromatic N) is 3. The molecule has 30 heavy (non-hydrogen) atoms. The standard InChI is InChI=1S/C21H24N4O5/c1-15-12-17(23-30-15)21(27)25-10-8-24(9-11-25)7-6-22-20(26)5-3-16-2-4-18-19(13-16)29-14-28-18/h2-5,12-13H,6-11,14H2,1H3,(H,22,26)/b5-3+. The van der Waals surface area contributed by atoms with Crippen molar-refractivity contribution >= 4 is 17.9 Å². The lowest BCUT2D eigenvalue weighted by Crippen LogP contribution is -2.50. The van der Waals surface area contributed by atoms with E-state index in [0.29, 0.717) is 36.8 Å². The van der Waals surface area contributed by atoms with Crippen LogP contribution in [0.1, 0.15) is 21.8 Å². The van der Waals surface area contributed by atoms with Gasteiger partial charge in [-0.25, -0.2) is 0 Å². The maximum absolute atomic E-state index is 12.4. The first-order valence-corrected chi connectivity index (χ1v) is 9.89. The fraction of sp³-hybridized carbons (Fsp3) is 0.381. The normalized spacial score (nSPS) is 16.2. The summed E-state index contributed by atoms with van der Waals surface area (Å²) in [6.07, 6.45) is 3.25. The zero-order valence-corrected chi connectivity index (χ0v) is 16.8. The number of nitrogens with one attached hydrogen (secondary N) is 1. The van der Waals surface area contributed by atoms with Gasteiger partial charge in [-0.05, 0) is 30.7 Å². The smallest absolute Gasteiger partial charge is 0.276 e. The van der Waals surface area contributed by atoms with E-state index in [9.17, 15) is 9.59 Å². The van der Waals surface area contributed by atoms with Crippen molar-refractivity contribution in [1.82, 2.24) is 20.3 Å². The summed E-state index contributed by atoms with van der Waals surface area (Å²) in [5.74, 6) is 1.78. The van der Waals surface area contributed by atoms with Gasteiger partial charge in [0.2, 0.25) is 12.7 Å². The van der Waals surface area contributed by atoms with Crippen LogP contribution < -0.4 is 14.8 Å². The minimum absolute atomic E-state index is 0.103. The van der Waals surface area contributed by atoms with Gasteiger partial charge in [0, 0.05) is 51.4 Å². The zero-order chi connectivity index (χ0) is 20.9. The van der Waals surface area contributed by atoms with Crippen molar-refractivity contribution in [2.75, 3.05) is 46.1 Å². The minimum Gasteiger partial charge on any atom is -0.454 e. The van der Waals surface area contributed by atoms with Crippen molar-refractivity contribution in [1.29, 1.82) is 0 Å². The Hall–Kier alpha value is -3.33. The Morgan fingerprint density at radius 1 is 1.13 bits per heavy atom. The number of amides is 2. The van der Waals surface area contributed by atoms with Gasteiger partial charge >= 0.3 is 0 Å². The molecule has 1 aromatic carbocycles. The van der Waals surface area contributed by atoms with Gasteiger partial charge in [-0.1, -0.05) is 11.2 Å². The lowest BCUT2D eigenvalue weighted by Gasteiger charge is -2.34. The Balaban J connectivity index is 1.16. The Bertz CT molecular complexity index is 947. The first kappa shape index (κ1) is 20.0. The maximum Gasteiger partial charge on any atom is 0.276 e. The molecule has 158 valence electrons. The molecular formula is C21H24N4O5. The Morgan fingerprint density at radius 2 is 1.93 bits per heavy atom. The van der Waals surface area contributed by atoms with Gasteiger partial charge in [-0.15, -0.1) is 0 Å². The lowest BCUT2D eigenvalue weighted by atomic mass is 10.2. The fourth-order valence-electron chi connectivity index (χ4n) is 3.39. The van der Waals surface area contributed by atoms with E-state index in [-0.39, 0.29) is 18.6 Å². The molecule has 1 N–H and O–H groups in total. The van der Waals surface area contributed by atoms with Crippen LogP contribution >= 0.6 is 0 Å². The molecule has 2 aliphatic rings. The first-order chi connectivity index (χ1) is 14.6. The number of rotatable bonds is 6. The highest BCUT2D eigenvalue weighted by atomic mass is 16.7. The number of aromatic nitrogens is 1. The van der Waals surface area contributed by atoms with E-state index >= 15 is 0 Å². The lowest BCUT2D eigenvalue weighted by molar-refractivity contribution is -0.116.